The predicted octanol–water partition coefficient (Wildman–Crippen LogP) is 11.4. The van der Waals surface area contributed by atoms with E-state index in [2.05, 4.69) is 146 Å². The van der Waals surface area contributed by atoms with Crippen molar-refractivity contribution in [3.63, 3.8) is 0 Å². The summed E-state index contributed by atoms with van der Waals surface area (Å²) in [5.74, 6) is 0. The first kappa shape index (κ1) is 22.3. The monoisotopic (exact) mass is 512 g/mol. The van der Waals surface area contributed by atoms with Gasteiger partial charge in [0.25, 0.3) is 0 Å². The van der Waals surface area contributed by atoms with Crippen LogP contribution in [0.5, 0.6) is 0 Å². The van der Waals surface area contributed by atoms with E-state index in [1.807, 2.05) is 11.3 Å². The van der Waals surface area contributed by atoms with E-state index < -0.39 is 0 Å². The fourth-order valence-electron chi connectivity index (χ4n) is 6.24. The van der Waals surface area contributed by atoms with Gasteiger partial charge < -0.3 is 0 Å². The molecule has 0 aliphatic heterocycles. The highest BCUT2D eigenvalue weighted by Gasteiger charge is 2.20. The molecule has 182 valence electrons. The minimum atomic E-state index is 1.25. The Hall–Kier alpha value is -4.72. The molecule has 0 aliphatic rings. The van der Waals surface area contributed by atoms with E-state index in [1.54, 1.807) is 0 Å². The lowest BCUT2D eigenvalue weighted by Gasteiger charge is -2.18. The fraction of sp³-hybridized carbons (Fsp3) is 0. The lowest BCUT2D eigenvalue weighted by Crippen LogP contribution is -1.90. The normalized spacial score (nSPS) is 11.6. The molecule has 7 aromatic carbocycles. The van der Waals surface area contributed by atoms with Crippen LogP contribution in [0, 0.1) is 0 Å². The largest absolute Gasteiger partial charge is 0.135 e. The van der Waals surface area contributed by atoms with E-state index in [9.17, 15) is 0 Å². The van der Waals surface area contributed by atoms with Crippen molar-refractivity contribution in [3.8, 4) is 33.4 Å². The molecule has 0 amide bonds. The highest BCUT2D eigenvalue weighted by atomic mass is 32.1. The van der Waals surface area contributed by atoms with Gasteiger partial charge in [-0.25, -0.2) is 0 Å². The topological polar surface area (TPSA) is 0 Å². The number of hydrogen-bond acceptors (Lipinski definition) is 1. The molecule has 0 bridgehead atoms. The number of rotatable bonds is 3. The molecule has 0 fully saturated rings. The molecule has 0 N–H and O–H groups in total. The average molecular weight is 513 g/mol. The molecule has 1 heterocycles. The third kappa shape index (κ3) is 3.44. The molecule has 0 nitrogen and oxygen atoms in total. The SMILES string of the molecule is c1ccc(-c2c3ccccc3c(-c3cccc4c3sc3cccc(-c5ccccc5)c34)c3ccccc23)cc1. The average Bonchev–Trinajstić information content (AvgIpc) is 3.40. The summed E-state index contributed by atoms with van der Waals surface area (Å²) in [6.45, 7) is 0. The molecule has 0 saturated carbocycles. The van der Waals surface area contributed by atoms with Crippen LogP contribution in [0.2, 0.25) is 0 Å². The van der Waals surface area contributed by atoms with Gasteiger partial charge in [-0.15, -0.1) is 11.3 Å². The van der Waals surface area contributed by atoms with Gasteiger partial charge in [0.2, 0.25) is 0 Å². The minimum Gasteiger partial charge on any atom is -0.135 e. The van der Waals surface area contributed by atoms with Crippen molar-refractivity contribution < 1.29 is 0 Å². The highest BCUT2D eigenvalue weighted by Crippen LogP contribution is 2.48. The summed E-state index contributed by atoms with van der Waals surface area (Å²) in [7, 11) is 0. The summed E-state index contributed by atoms with van der Waals surface area (Å²) in [5, 5.41) is 7.85. The Morgan fingerprint density at radius 3 is 1.46 bits per heavy atom. The molecule has 1 heteroatoms. The second-order valence-corrected chi connectivity index (χ2v) is 11.1. The first-order valence-corrected chi connectivity index (χ1v) is 14.2. The number of hydrogen-bond donors (Lipinski definition) is 0. The second kappa shape index (κ2) is 8.94. The van der Waals surface area contributed by atoms with Crippen LogP contribution in [0.15, 0.2) is 146 Å². The molecular weight excluding hydrogens is 488 g/mol. The van der Waals surface area contributed by atoms with Crippen LogP contribution in [0.3, 0.4) is 0 Å². The molecule has 39 heavy (non-hydrogen) atoms. The maximum atomic E-state index is 2.32. The fourth-order valence-corrected chi connectivity index (χ4v) is 7.49. The van der Waals surface area contributed by atoms with Crippen LogP contribution in [-0.4, -0.2) is 0 Å². The van der Waals surface area contributed by atoms with E-state index in [4.69, 9.17) is 0 Å². The Labute approximate surface area is 231 Å². The molecule has 8 rings (SSSR count). The van der Waals surface area contributed by atoms with E-state index in [1.165, 1.54) is 75.1 Å². The number of fused-ring (bicyclic) bond motifs is 5. The van der Waals surface area contributed by atoms with Crippen LogP contribution >= 0.6 is 11.3 Å². The summed E-state index contributed by atoms with van der Waals surface area (Å²) >= 11 is 1.91. The van der Waals surface area contributed by atoms with Gasteiger partial charge >= 0.3 is 0 Å². The molecule has 1 aromatic heterocycles. The van der Waals surface area contributed by atoms with Crippen molar-refractivity contribution in [2.24, 2.45) is 0 Å². The lowest BCUT2D eigenvalue weighted by molar-refractivity contribution is 1.67. The third-order valence-corrected chi connectivity index (χ3v) is 9.07. The summed E-state index contributed by atoms with van der Waals surface area (Å²) in [6, 6.07) is 53.0. The van der Waals surface area contributed by atoms with E-state index in [-0.39, 0.29) is 0 Å². The van der Waals surface area contributed by atoms with Gasteiger partial charge in [0.1, 0.15) is 0 Å². The molecule has 0 spiro atoms. The smallest absolute Gasteiger partial charge is 0.0434 e. The summed E-state index contributed by atoms with van der Waals surface area (Å²) < 4.78 is 2.67. The van der Waals surface area contributed by atoms with Crippen LogP contribution in [0.4, 0.5) is 0 Å². The zero-order valence-corrected chi connectivity index (χ0v) is 22.1. The van der Waals surface area contributed by atoms with Gasteiger partial charge in [-0.3, -0.25) is 0 Å². The zero-order valence-electron chi connectivity index (χ0n) is 21.3. The third-order valence-electron chi connectivity index (χ3n) is 7.87. The molecule has 0 unspecified atom stereocenters. The first-order chi connectivity index (χ1) is 19.4. The maximum Gasteiger partial charge on any atom is 0.0434 e. The Morgan fingerprint density at radius 2 is 0.821 bits per heavy atom. The van der Waals surface area contributed by atoms with Crippen molar-refractivity contribution in [2.45, 2.75) is 0 Å². The van der Waals surface area contributed by atoms with Crippen molar-refractivity contribution in [3.05, 3.63) is 146 Å². The summed E-state index contributed by atoms with van der Waals surface area (Å²) in [6.07, 6.45) is 0. The van der Waals surface area contributed by atoms with Gasteiger partial charge in [-0.05, 0) is 55.4 Å². The molecular formula is C38H24S. The Morgan fingerprint density at radius 1 is 0.333 bits per heavy atom. The van der Waals surface area contributed by atoms with Crippen molar-refractivity contribution in [1.82, 2.24) is 0 Å². The second-order valence-electron chi connectivity index (χ2n) is 10.0. The van der Waals surface area contributed by atoms with Crippen LogP contribution in [-0.2, 0) is 0 Å². The van der Waals surface area contributed by atoms with Gasteiger partial charge in [0, 0.05) is 25.7 Å². The van der Waals surface area contributed by atoms with Gasteiger partial charge in [0.15, 0.2) is 0 Å². The van der Waals surface area contributed by atoms with E-state index in [0.29, 0.717) is 0 Å². The number of benzene rings is 7. The summed E-state index contributed by atoms with van der Waals surface area (Å²) in [4.78, 5) is 0. The van der Waals surface area contributed by atoms with Gasteiger partial charge in [-0.2, -0.15) is 0 Å². The van der Waals surface area contributed by atoms with Crippen LogP contribution < -0.4 is 0 Å². The van der Waals surface area contributed by atoms with Gasteiger partial charge in [0.05, 0.1) is 0 Å². The van der Waals surface area contributed by atoms with Crippen molar-refractivity contribution >= 4 is 53.1 Å². The van der Waals surface area contributed by atoms with Crippen molar-refractivity contribution in [1.29, 1.82) is 0 Å². The van der Waals surface area contributed by atoms with Crippen molar-refractivity contribution in [2.75, 3.05) is 0 Å². The van der Waals surface area contributed by atoms with Gasteiger partial charge in [-0.1, -0.05) is 140 Å². The standard InChI is InChI=1S/C38H24S/c1-3-13-25(14-4-1)27-21-12-24-34-37(27)33-23-11-22-32(38(33)39-34)36-30-19-9-7-17-28(30)35(26-15-5-2-6-16-26)29-18-8-10-20-31(29)36/h1-24H. The lowest BCUT2D eigenvalue weighted by atomic mass is 9.85. The molecule has 0 atom stereocenters. The maximum absolute atomic E-state index is 2.32. The Bertz CT molecular complexity index is 2090. The minimum absolute atomic E-state index is 1.25. The highest BCUT2D eigenvalue weighted by molar-refractivity contribution is 7.26. The van der Waals surface area contributed by atoms with Crippen LogP contribution in [0.25, 0.3) is 75.1 Å². The Kier molecular flexibility index (Phi) is 5.11. The first-order valence-electron chi connectivity index (χ1n) is 13.4. The van der Waals surface area contributed by atoms with Crippen LogP contribution in [0.1, 0.15) is 0 Å². The molecule has 8 aromatic rings. The molecule has 0 aliphatic carbocycles. The quantitative estimate of drug-likeness (QED) is 0.207. The summed E-state index contributed by atoms with van der Waals surface area (Å²) in [5.41, 5.74) is 7.74. The molecule has 0 radical (unpaired) electrons. The van der Waals surface area contributed by atoms with E-state index >= 15 is 0 Å². The molecule has 0 saturated heterocycles. The number of thiophene rings is 1. The zero-order chi connectivity index (χ0) is 25.8. The predicted molar refractivity (Wildman–Crippen MR) is 171 cm³/mol. The Balaban J connectivity index is 1.51. The van der Waals surface area contributed by atoms with E-state index in [0.717, 1.165) is 0 Å².